The highest BCUT2D eigenvalue weighted by Crippen LogP contribution is 2.19. The monoisotopic (exact) mass is 246 g/mol. The third-order valence-electron chi connectivity index (χ3n) is 2.86. The third kappa shape index (κ3) is 4.81. The summed E-state index contributed by atoms with van der Waals surface area (Å²) in [6.07, 6.45) is 1.65. The minimum absolute atomic E-state index is 0.113. The van der Waals surface area contributed by atoms with Crippen LogP contribution in [0.1, 0.15) is 37.8 Å². The van der Waals surface area contributed by atoms with Crippen molar-refractivity contribution in [3.63, 3.8) is 0 Å². The van der Waals surface area contributed by atoms with E-state index < -0.39 is 0 Å². The minimum Gasteiger partial charge on any atom is -0.493 e. The van der Waals surface area contributed by atoms with E-state index in [1.807, 2.05) is 25.1 Å². The maximum atomic E-state index is 8.67. The summed E-state index contributed by atoms with van der Waals surface area (Å²) >= 11 is 0. The smallest absolute Gasteiger partial charge is 0.122 e. The second-order valence-electron chi connectivity index (χ2n) is 4.58. The van der Waals surface area contributed by atoms with Crippen molar-refractivity contribution in [2.24, 2.45) is 5.92 Å². The van der Waals surface area contributed by atoms with Crippen molar-refractivity contribution in [2.45, 2.75) is 33.6 Å². The van der Waals surface area contributed by atoms with Crippen molar-refractivity contribution in [2.75, 3.05) is 13.2 Å². The van der Waals surface area contributed by atoms with E-state index in [4.69, 9.17) is 9.84 Å². The highest BCUT2D eigenvalue weighted by Gasteiger charge is 2.03. The first-order valence-corrected chi connectivity index (χ1v) is 6.50. The molecule has 2 nitrogen and oxygen atoms in total. The summed E-state index contributed by atoms with van der Waals surface area (Å²) in [5.74, 6) is 7.45. The molecule has 1 unspecified atom stereocenters. The Labute approximate surface area is 110 Å². The highest BCUT2D eigenvalue weighted by molar-refractivity contribution is 5.43. The molecule has 0 radical (unpaired) electrons. The van der Waals surface area contributed by atoms with Gasteiger partial charge in [-0.3, -0.25) is 0 Å². The molecular weight excluding hydrogens is 224 g/mol. The topological polar surface area (TPSA) is 29.5 Å². The van der Waals surface area contributed by atoms with E-state index >= 15 is 0 Å². The van der Waals surface area contributed by atoms with Gasteiger partial charge < -0.3 is 9.84 Å². The molecule has 1 aromatic carbocycles. The zero-order chi connectivity index (χ0) is 13.4. The molecule has 0 saturated carbocycles. The lowest BCUT2D eigenvalue weighted by Gasteiger charge is -2.13. The van der Waals surface area contributed by atoms with Gasteiger partial charge >= 0.3 is 0 Å². The number of aliphatic hydroxyl groups is 1. The molecular formula is C16H22O2. The van der Waals surface area contributed by atoms with Crippen LogP contribution in [-0.4, -0.2) is 18.3 Å². The van der Waals surface area contributed by atoms with Crippen molar-refractivity contribution >= 4 is 0 Å². The van der Waals surface area contributed by atoms with Gasteiger partial charge in [-0.2, -0.15) is 0 Å². The summed E-state index contributed by atoms with van der Waals surface area (Å²) in [5, 5.41) is 8.67. The van der Waals surface area contributed by atoms with Crippen LogP contribution in [0.4, 0.5) is 0 Å². The predicted octanol–water partition coefficient (Wildman–Crippen LogP) is 3.15. The lowest BCUT2D eigenvalue weighted by atomic mass is 10.1. The molecule has 1 aromatic rings. The first-order chi connectivity index (χ1) is 8.67. The van der Waals surface area contributed by atoms with Gasteiger partial charge in [0.1, 0.15) is 5.75 Å². The van der Waals surface area contributed by atoms with E-state index in [0.717, 1.165) is 29.9 Å². The fourth-order valence-corrected chi connectivity index (χ4v) is 1.46. The molecule has 0 bridgehead atoms. The second-order valence-corrected chi connectivity index (χ2v) is 4.58. The molecule has 1 rings (SSSR count). The van der Waals surface area contributed by atoms with Gasteiger partial charge in [0.2, 0.25) is 0 Å². The van der Waals surface area contributed by atoms with Crippen LogP contribution >= 0.6 is 0 Å². The van der Waals surface area contributed by atoms with Crippen LogP contribution in [0, 0.1) is 24.7 Å². The number of rotatable bonds is 5. The van der Waals surface area contributed by atoms with Crippen LogP contribution in [0.25, 0.3) is 0 Å². The lowest BCUT2D eigenvalue weighted by molar-refractivity contribution is 0.255. The van der Waals surface area contributed by atoms with Crippen LogP contribution in [0.5, 0.6) is 5.75 Å². The molecule has 0 saturated heterocycles. The van der Waals surface area contributed by atoms with Crippen molar-refractivity contribution in [3.05, 3.63) is 29.3 Å². The van der Waals surface area contributed by atoms with E-state index in [0.29, 0.717) is 12.3 Å². The Balaban J connectivity index is 2.65. The normalized spacial score (nSPS) is 11.6. The van der Waals surface area contributed by atoms with E-state index in [9.17, 15) is 0 Å². The lowest BCUT2D eigenvalue weighted by Crippen LogP contribution is -2.07. The third-order valence-corrected chi connectivity index (χ3v) is 2.86. The van der Waals surface area contributed by atoms with Crippen LogP contribution in [0.15, 0.2) is 18.2 Å². The largest absolute Gasteiger partial charge is 0.493 e. The first kappa shape index (κ1) is 14.6. The van der Waals surface area contributed by atoms with E-state index in [1.54, 1.807) is 0 Å². The molecule has 0 aliphatic carbocycles. The Morgan fingerprint density at radius 1 is 1.39 bits per heavy atom. The maximum absolute atomic E-state index is 8.67. The molecule has 0 heterocycles. The average Bonchev–Trinajstić information content (AvgIpc) is 2.37. The average molecular weight is 246 g/mol. The molecule has 0 fully saturated rings. The van der Waals surface area contributed by atoms with Crippen molar-refractivity contribution in [3.8, 4) is 17.6 Å². The molecule has 0 aromatic heterocycles. The van der Waals surface area contributed by atoms with E-state index in [-0.39, 0.29) is 6.61 Å². The maximum Gasteiger partial charge on any atom is 0.122 e. The van der Waals surface area contributed by atoms with Crippen LogP contribution < -0.4 is 4.74 Å². The van der Waals surface area contributed by atoms with E-state index in [1.165, 1.54) is 0 Å². The van der Waals surface area contributed by atoms with Crippen molar-refractivity contribution < 1.29 is 9.84 Å². The fraction of sp³-hybridized carbons (Fsp3) is 0.500. The minimum atomic E-state index is 0.113. The Hall–Kier alpha value is -1.46. The Morgan fingerprint density at radius 2 is 2.17 bits per heavy atom. The molecule has 0 aliphatic rings. The van der Waals surface area contributed by atoms with Gasteiger partial charge in [0.25, 0.3) is 0 Å². The predicted molar refractivity (Wildman–Crippen MR) is 74.7 cm³/mol. The van der Waals surface area contributed by atoms with Gasteiger partial charge in [-0.1, -0.05) is 32.1 Å². The number of hydrogen-bond donors (Lipinski definition) is 1. The molecule has 18 heavy (non-hydrogen) atoms. The van der Waals surface area contributed by atoms with Crippen molar-refractivity contribution in [1.29, 1.82) is 0 Å². The van der Waals surface area contributed by atoms with Gasteiger partial charge in [-0.05, 0) is 36.6 Å². The zero-order valence-corrected chi connectivity index (χ0v) is 11.5. The standard InChI is InChI=1S/C16H22O2/c1-4-13(2)12-18-16-9-8-15(11-14(16)3)7-5-6-10-17/h8-9,11,13,17H,4,6,10,12H2,1-3H3. The number of ether oxygens (including phenoxy) is 1. The number of benzene rings is 1. The molecule has 0 amide bonds. The molecule has 98 valence electrons. The van der Waals surface area contributed by atoms with Crippen LogP contribution in [0.3, 0.4) is 0 Å². The highest BCUT2D eigenvalue weighted by atomic mass is 16.5. The number of aliphatic hydroxyl groups excluding tert-OH is 1. The van der Waals surface area contributed by atoms with Gasteiger partial charge in [0.05, 0.1) is 13.2 Å². The summed E-state index contributed by atoms with van der Waals surface area (Å²) < 4.78 is 5.78. The Kier molecular flexibility index (Phi) is 6.32. The summed E-state index contributed by atoms with van der Waals surface area (Å²) in [7, 11) is 0. The van der Waals surface area contributed by atoms with Gasteiger partial charge in [0, 0.05) is 12.0 Å². The van der Waals surface area contributed by atoms with Gasteiger partial charge in [-0.15, -0.1) is 0 Å². The molecule has 0 spiro atoms. The molecule has 1 atom stereocenters. The van der Waals surface area contributed by atoms with Crippen molar-refractivity contribution in [1.82, 2.24) is 0 Å². The summed E-state index contributed by atoms with van der Waals surface area (Å²) in [4.78, 5) is 0. The number of aryl methyl sites for hydroxylation is 1. The second kappa shape index (κ2) is 7.79. The molecule has 2 heteroatoms. The SMILES string of the molecule is CCC(C)COc1ccc(C#CCCO)cc1C. The quantitative estimate of drug-likeness (QED) is 0.809. The van der Waals surface area contributed by atoms with Gasteiger partial charge in [-0.25, -0.2) is 0 Å². The van der Waals surface area contributed by atoms with Crippen LogP contribution in [0.2, 0.25) is 0 Å². The zero-order valence-electron chi connectivity index (χ0n) is 11.5. The molecule has 0 aliphatic heterocycles. The van der Waals surface area contributed by atoms with Gasteiger partial charge in [0.15, 0.2) is 0 Å². The van der Waals surface area contributed by atoms with Crippen LogP contribution in [-0.2, 0) is 0 Å². The summed E-state index contributed by atoms with van der Waals surface area (Å²) in [6, 6.07) is 5.96. The summed E-state index contributed by atoms with van der Waals surface area (Å²) in [6.45, 7) is 7.25. The summed E-state index contributed by atoms with van der Waals surface area (Å²) in [5.41, 5.74) is 2.07. The van der Waals surface area contributed by atoms with E-state index in [2.05, 4.69) is 25.7 Å². The number of hydrogen-bond acceptors (Lipinski definition) is 2. The fourth-order valence-electron chi connectivity index (χ4n) is 1.46. The Bertz CT molecular complexity index is 426. The Morgan fingerprint density at radius 3 is 2.78 bits per heavy atom. The first-order valence-electron chi connectivity index (χ1n) is 6.50. The molecule has 1 N–H and O–H groups in total.